The number of para-hydroxylation sites is 3. The third-order valence-corrected chi connectivity index (χ3v) is 13.8. The van der Waals surface area contributed by atoms with Crippen LogP contribution in [-0.4, -0.2) is 0 Å². The fourth-order valence-corrected chi connectivity index (χ4v) is 11.2. The normalized spacial score (nSPS) is 12.7. The topological polar surface area (TPSA) is 6.48 Å². The number of hydrogen-bond acceptors (Lipinski definition) is 2. The Bertz CT molecular complexity index is 3510. The first-order chi connectivity index (χ1) is 32.3. The molecule has 0 fully saturated rings. The zero-order valence-corrected chi connectivity index (χ0v) is 35.6. The van der Waals surface area contributed by atoms with Crippen molar-refractivity contribution in [2.75, 3.05) is 9.80 Å². The van der Waals surface area contributed by atoms with Gasteiger partial charge >= 0.3 is 0 Å². The summed E-state index contributed by atoms with van der Waals surface area (Å²) in [5.41, 5.74) is 18.8. The van der Waals surface area contributed by atoms with Crippen molar-refractivity contribution in [3.63, 3.8) is 0 Å². The molecule has 0 saturated heterocycles. The molecule has 2 aliphatic carbocycles. The average Bonchev–Trinajstić information content (AvgIpc) is 3.85. The lowest BCUT2D eigenvalue weighted by atomic mass is 9.70. The van der Waals surface area contributed by atoms with Crippen molar-refractivity contribution in [2.24, 2.45) is 0 Å². The first kappa shape index (κ1) is 37.1. The molecule has 0 atom stereocenters. The molecular weight excluding hydrogens is 785 g/mol. The summed E-state index contributed by atoms with van der Waals surface area (Å²) in [6.07, 6.45) is 0. The Morgan fingerprint density at radius 2 is 0.708 bits per heavy atom. The van der Waals surface area contributed by atoms with Crippen molar-refractivity contribution in [3.8, 4) is 33.4 Å². The van der Waals surface area contributed by atoms with Crippen LogP contribution in [0.15, 0.2) is 255 Å². The van der Waals surface area contributed by atoms with E-state index >= 15 is 0 Å². The van der Waals surface area contributed by atoms with Crippen molar-refractivity contribution >= 4 is 55.7 Å². The molecule has 0 heterocycles. The molecular formula is C63H42N2. The molecule has 2 nitrogen and oxygen atoms in total. The van der Waals surface area contributed by atoms with E-state index in [0.717, 1.165) is 34.1 Å². The van der Waals surface area contributed by atoms with Crippen molar-refractivity contribution in [3.05, 3.63) is 277 Å². The number of fused-ring (bicyclic) bond motifs is 13. The van der Waals surface area contributed by atoms with Gasteiger partial charge in [0.2, 0.25) is 0 Å². The molecule has 1 spiro atoms. The minimum Gasteiger partial charge on any atom is -0.310 e. The van der Waals surface area contributed by atoms with Gasteiger partial charge in [-0.1, -0.05) is 188 Å². The molecule has 11 aromatic carbocycles. The molecule has 13 rings (SSSR count). The van der Waals surface area contributed by atoms with Gasteiger partial charge in [-0.3, -0.25) is 0 Å². The lowest BCUT2D eigenvalue weighted by Gasteiger charge is -2.34. The SMILES string of the molecule is c1ccc(N(c2ccc(-c3cc4ccccc4c4ccccc34)cc2)c2cc(N(c3ccccc3)c3ccccc3)c3c(c2)C2(c4ccccc4-c4ccccc42)c2ccccc2-3)cc1. The largest absolute Gasteiger partial charge is 0.310 e. The highest BCUT2D eigenvalue weighted by Gasteiger charge is 2.52. The van der Waals surface area contributed by atoms with Crippen LogP contribution in [0, 0.1) is 0 Å². The minimum atomic E-state index is -0.549. The van der Waals surface area contributed by atoms with Gasteiger partial charge in [-0.2, -0.15) is 0 Å². The number of nitrogens with zero attached hydrogens (tertiary/aromatic N) is 2. The summed E-state index contributed by atoms with van der Waals surface area (Å²) >= 11 is 0. The van der Waals surface area contributed by atoms with Crippen LogP contribution in [0.2, 0.25) is 0 Å². The highest BCUT2D eigenvalue weighted by Crippen LogP contribution is 2.65. The molecule has 11 aromatic rings. The van der Waals surface area contributed by atoms with Crippen LogP contribution in [0.4, 0.5) is 34.1 Å². The van der Waals surface area contributed by atoms with Crippen LogP contribution in [0.25, 0.3) is 54.9 Å². The quantitative estimate of drug-likeness (QED) is 0.148. The smallest absolute Gasteiger partial charge is 0.0727 e. The highest BCUT2D eigenvalue weighted by atomic mass is 15.2. The van der Waals surface area contributed by atoms with Gasteiger partial charge in [0.25, 0.3) is 0 Å². The van der Waals surface area contributed by atoms with E-state index in [9.17, 15) is 0 Å². The fraction of sp³-hybridized carbons (Fsp3) is 0.0159. The Hall–Kier alpha value is -8.46. The second-order valence-corrected chi connectivity index (χ2v) is 17.2. The molecule has 0 amide bonds. The summed E-state index contributed by atoms with van der Waals surface area (Å²) in [7, 11) is 0. The van der Waals surface area contributed by atoms with Gasteiger partial charge in [0.15, 0.2) is 0 Å². The maximum atomic E-state index is 2.50. The average molecular weight is 827 g/mol. The molecule has 2 aliphatic rings. The number of benzene rings is 11. The summed E-state index contributed by atoms with van der Waals surface area (Å²) in [5.74, 6) is 0. The molecule has 304 valence electrons. The van der Waals surface area contributed by atoms with Gasteiger partial charge in [-0.15, -0.1) is 0 Å². The van der Waals surface area contributed by atoms with Crippen LogP contribution in [-0.2, 0) is 5.41 Å². The summed E-state index contributed by atoms with van der Waals surface area (Å²) in [4.78, 5) is 4.91. The number of rotatable bonds is 7. The van der Waals surface area contributed by atoms with E-state index in [2.05, 4.69) is 265 Å². The van der Waals surface area contributed by atoms with E-state index in [-0.39, 0.29) is 0 Å². The summed E-state index contributed by atoms with van der Waals surface area (Å²) in [6.45, 7) is 0. The van der Waals surface area contributed by atoms with E-state index in [0.29, 0.717) is 0 Å². The number of anilines is 6. The van der Waals surface area contributed by atoms with Crippen molar-refractivity contribution in [1.82, 2.24) is 0 Å². The first-order valence-corrected chi connectivity index (χ1v) is 22.5. The van der Waals surface area contributed by atoms with E-state index in [1.807, 2.05) is 0 Å². The number of hydrogen-bond donors (Lipinski definition) is 0. The van der Waals surface area contributed by atoms with E-state index in [4.69, 9.17) is 0 Å². The third-order valence-electron chi connectivity index (χ3n) is 13.8. The lowest BCUT2D eigenvalue weighted by Crippen LogP contribution is -2.26. The summed E-state index contributed by atoms with van der Waals surface area (Å²) < 4.78 is 0. The van der Waals surface area contributed by atoms with Crippen molar-refractivity contribution in [1.29, 1.82) is 0 Å². The monoisotopic (exact) mass is 826 g/mol. The molecule has 2 heteroatoms. The summed E-state index contributed by atoms with van der Waals surface area (Å²) in [5, 5.41) is 5.05. The molecule has 65 heavy (non-hydrogen) atoms. The van der Waals surface area contributed by atoms with Crippen LogP contribution in [0.3, 0.4) is 0 Å². The Kier molecular flexibility index (Phi) is 8.47. The Morgan fingerprint density at radius 1 is 0.262 bits per heavy atom. The molecule has 0 N–H and O–H groups in total. The van der Waals surface area contributed by atoms with E-state index < -0.39 is 5.41 Å². The fourth-order valence-electron chi connectivity index (χ4n) is 11.2. The zero-order chi connectivity index (χ0) is 42.9. The van der Waals surface area contributed by atoms with E-state index in [1.165, 1.54) is 77.2 Å². The zero-order valence-electron chi connectivity index (χ0n) is 35.6. The van der Waals surface area contributed by atoms with Crippen LogP contribution in [0.5, 0.6) is 0 Å². The van der Waals surface area contributed by atoms with Gasteiger partial charge in [-0.05, 0) is 138 Å². The Morgan fingerprint density at radius 3 is 1.31 bits per heavy atom. The molecule has 0 bridgehead atoms. The van der Waals surface area contributed by atoms with Gasteiger partial charge in [0.05, 0.1) is 11.1 Å². The maximum absolute atomic E-state index is 2.50. The second-order valence-electron chi connectivity index (χ2n) is 17.2. The predicted octanol–water partition coefficient (Wildman–Crippen LogP) is 16.9. The van der Waals surface area contributed by atoms with Crippen molar-refractivity contribution < 1.29 is 0 Å². The minimum absolute atomic E-state index is 0.549. The molecule has 0 saturated carbocycles. The lowest BCUT2D eigenvalue weighted by molar-refractivity contribution is 0.793. The second kappa shape index (κ2) is 14.8. The van der Waals surface area contributed by atoms with E-state index in [1.54, 1.807) is 0 Å². The first-order valence-electron chi connectivity index (χ1n) is 22.5. The standard InChI is InChI=1S/C63H42N2/c1-4-21-45(22-5-1)64(48-38-36-43(37-39-48)56-40-44-20-10-11-27-50(44)51-28-12-13-29-52(51)56)49-41-60-62(61(42-49)65(46-23-6-2-7-24-46)47-25-8-3-9-26-47)55-32-16-19-35-59(55)63(60)57-33-17-14-30-53(57)54-31-15-18-34-58(54)63/h1-42H. The predicted molar refractivity (Wildman–Crippen MR) is 273 cm³/mol. The van der Waals surface area contributed by atoms with Gasteiger partial charge in [-0.25, -0.2) is 0 Å². The van der Waals surface area contributed by atoms with Crippen molar-refractivity contribution in [2.45, 2.75) is 5.41 Å². The Balaban J connectivity index is 1.10. The van der Waals surface area contributed by atoms with Crippen LogP contribution in [0.1, 0.15) is 22.3 Å². The molecule has 0 unspecified atom stereocenters. The van der Waals surface area contributed by atoms with Gasteiger partial charge < -0.3 is 9.80 Å². The molecule has 0 radical (unpaired) electrons. The highest BCUT2D eigenvalue weighted by molar-refractivity contribution is 6.14. The Labute approximate surface area is 379 Å². The van der Waals surface area contributed by atoms with Crippen LogP contribution >= 0.6 is 0 Å². The maximum Gasteiger partial charge on any atom is 0.0727 e. The summed E-state index contributed by atoms with van der Waals surface area (Å²) in [6, 6.07) is 93.9. The molecule has 0 aromatic heterocycles. The van der Waals surface area contributed by atoms with Gasteiger partial charge in [0.1, 0.15) is 0 Å². The van der Waals surface area contributed by atoms with Gasteiger partial charge in [0, 0.05) is 34.0 Å². The molecule has 0 aliphatic heterocycles. The third kappa shape index (κ3) is 5.60. The van der Waals surface area contributed by atoms with Crippen LogP contribution < -0.4 is 9.80 Å².